The largest absolute Gasteiger partial charge is 0.484 e. The zero-order valence-corrected chi connectivity index (χ0v) is 6.57. The van der Waals surface area contributed by atoms with Crippen molar-refractivity contribution in [3.63, 3.8) is 0 Å². The van der Waals surface area contributed by atoms with Crippen LogP contribution in [0.2, 0.25) is 0 Å². The van der Waals surface area contributed by atoms with E-state index in [2.05, 4.69) is 0 Å². The molecule has 0 unspecified atom stereocenters. The first-order chi connectivity index (χ1) is 1.41. The predicted molar refractivity (Wildman–Crippen MR) is 20.6 cm³/mol. The molecule has 0 aliphatic rings. The second kappa shape index (κ2) is 19.6. The Hall–Kier alpha value is 1.06. The minimum absolute atomic E-state index is 0. The second-order valence-corrected chi connectivity index (χ2v) is 0.333. The van der Waals surface area contributed by atoms with E-state index < -0.39 is 0 Å². The Morgan fingerprint density at radius 3 is 1.60 bits per heavy atom. The first-order valence-electron chi connectivity index (χ1n) is 0.911. The Morgan fingerprint density at radius 1 is 1.60 bits per heavy atom. The zero-order chi connectivity index (χ0) is 2.71. The summed E-state index contributed by atoms with van der Waals surface area (Å²) in [4.78, 5) is 0. The molecule has 0 amide bonds. The fourth-order valence-corrected chi connectivity index (χ4v) is 0. The third-order valence-corrected chi connectivity index (χ3v) is 0. The topological polar surface area (TPSA) is 26.0 Å². The summed E-state index contributed by atoms with van der Waals surface area (Å²) in [6.45, 7) is 3.28. The van der Waals surface area contributed by atoms with E-state index in [1.54, 1.807) is 6.92 Å². The summed E-state index contributed by atoms with van der Waals surface area (Å²) in [5, 5.41) is 0. The molecule has 0 saturated heterocycles. The minimum atomic E-state index is 0. The van der Waals surface area contributed by atoms with Crippen LogP contribution in [0.25, 0.3) is 0 Å². The van der Waals surface area contributed by atoms with Gasteiger partial charge >= 0.3 is 0 Å². The van der Waals surface area contributed by atoms with Crippen molar-refractivity contribution < 1.29 is 32.7 Å². The van der Waals surface area contributed by atoms with Crippen LogP contribution in [0.15, 0.2) is 0 Å². The summed E-state index contributed by atoms with van der Waals surface area (Å²) in [5.74, 6) is 0. The van der Waals surface area contributed by atoms with Crippen molar-refractivity contribution in [2.24, 2.45) is 5.73 Å². The van der Waals surface area contributed by atoms with Crippen LogP contribution in [-0.4, -0.2) is 0 Å². The van der Waals surface area contributed by atoms with E-state index in [9.17, 15) is 0 Å². The normalized spacial score (nSPS) is 3.60. The van der Waals surface area contributed by atoms with Crippen molar-refractivity contribution in [1.82, 2.24) is 0 Å². The van der Waals surface area contributed by atoms with Crippen LogP contribution in [0.4, 0.5) is 0 Å². The maximum Gasteiger partial charge on any atom is 0 e. The molecule has 1 nitrogen and oxygen atoms in total. The molecule has 0 atom stereocenters. The van der Waals surface area contributed by atoms with Gasteiger partial charge in [0.1, 0.15) is 0 Å². The fourth-order valence-electron chi connectivity index (χ4n) is 0. The summed E-state index contributed by atoms with van der Waals surface area (Å²) in [5.41, 5.74) is 4.72. The number of nitrogens with two attached hydrogens (primary N) is 1. The van der Waals surface area contributed by atoms with E-state index >= 15 is 0 Å². The molecule has 0 aromatic heterocycles. The summed E-state index contributed by atoms with van der Waals surface area (Å²) >= 11 is 0. The third-order valence-electron chi connectivity index (χ3n) is 0. The van der Waals surface area contributed by atoms with Gasteiger partial charge in [0, 0.05) is 32.7 Å². The molecule has 1 radical (unpaired) electrons. The SMILES string of the molecule is C[CH-]N.[CH3-].[Y]. The Labute approximate surface area is 59.2 Å². The van der Waals surface area contributed by atoms with E-state index in [4.69, 9.17) is 5.73 Å². The van der Waals surface area contributed by atoms with Gasteiger partial charge in [-0.05, 0) is 0 Å². The molecule has 0 aliphatic heterocycles. The van der Waals surface area contributed by atoms with Crippen molar-refractivity contribution >= 4 is 0 Å². The first kappa shape index (κ1) is 16.6. The van der Waals surface area contributed by atoms with Gasteiger partial charge in [0.2, 0.25) is 0 Å². The molecule has 0 fully saturated rings. The molecule has 0 saturated carbocycles. The fraction of sp³-hybridized carbons (Fsp3) is 0.333. The molecule has 0 heterocycles. The van der Waals surface area contributed by atoms with Crippen molar-refractivity contribution in [3.05, 3.63) is 14.0 Å². The van der Waals surface area contributed by atoms with Crippen LogP contribution < -0.4 is 5.73 Å². The van der Waals surface area contributed by atoms with Crippen molar-refractivity contribution in [3.8, 4) is 0 Å². The van der Waals surface area contributed by atoms with Crippen LogP contribution in [-0.2, 0) is 32.7 Å². The van der Waals surface area contributed by atoms with Crippen LogP contribution in [0.3, 0.4) is 0 Å². The molecular formula is C3H9NY-2. The summed E-state index contributed by atoms with van der Waals surface area (Å²) < 4.78 is 0. The molecule has 2 N–H and O–H groups in total. The number of hydrogen-bond acceptors (Lipinski definition) is 1. The standard InChI is InChI=1S/C2H6N.CH3.Y/c1-2-3;;/h2H,3H2,1H3;1H3;/q2*-1;. The molecule has 5 heavy (non-hydrogen) atoms. The van der Waals surface area contributed by atoms with E-state index in [1.165, 1.54) is 6.54 Å². The van der Waals surface area contributed by atoms with E-state index in [0.717, 1.165) is 0 Å². The van der Waals surface area contributed by atoms with Gasteiger partial charge in [-0.2, -0.15) is 6.92 Å². The summed E-state index contributed by atoms with van der Waals surface area (Å²) in [6.07, 6.45) is 0. The van der Waals surface area contributed by atoms with Gasteiger partial charge in [-0.25, -0.2) is 0 Å². The first-order valence-corrected chi connectivity index (χ1v) is 0.911. The van der Waals surface area contributed by atoms with E-state index in [0.29, 0.717) is 0 Å². The van der Waals surface area contributed by atoms with Crippen LogP contribution >= 0.6 is 0 Å². The van der Waals surface area contributed by atoms with Gasteiger partial charge in [-0.15, -0.1) is 0 Å². The number of rotatable bonds is 0. The molecule has 2 heteroatoms. The Morgan fingerprint density at radius 2 is 1.60 bits per heavy atom. The van der Waals surface area contributed by atoms with Gasteiger partial charge in [0.05, 0.1) is 0 Å². The van der Waals surface area contributed by atoms with Crippen molar-refractivity contribution in [2.75, 3.05) is 0 Å². The maximum atomic E-state index is 4.72. The molecule has 0 aliphatic carbocycles. The van der Waals surface area contributed by atoms with Gasteiger partial charge in [0.15, 0.2) is 0 Å². The quantitative estimate of drug-likeness (QED) is 0.499. The molecule has 0 spiro atoms. The molecule has 0 aromatic rings. The maximum absolute atomic E-state index is 4.72. The van der Waals surface area contributed by atoms with Gasteiger partial charge in [-0.3, -0.25) is 6.54 Å². The summed E-state index contributed by atoms with van der Waals surface area (Å²) in [7, 11) is 0. The van der Waals surface area contributed by atoms with Crippen LogP contribution in [0.1, 0.15) is 6.92 Å². The average molecular weight is 148 g/mol. The second-order valence-electron chi connectivity index (χ2n) is 0.333. The third kappa shape index (κ3) is 42.0. The van der Waals surface area contributed by atoms with Gasteiger partial charge in [-0.1, -0.05) is 0 Å². The molecule has 0 rings (SSSR count). The molecular weight excluding hydrogens is 139 g/mol. The van der Waals surface area contributed by atoms with Crippen LogP contribution in [0.5, 0.6) is 0 Å². The minimum Gasteiger partial charge on any atom is -0.484 e. The van der Waals surface area contributed by atoms with Crippen molar-refractivity contribution in [1.29, 1.82) is 0 Å². The Balaban J connectivity index is -0.0000000200. The smallest absolute Gasteiger partial charge is 0 e. The number of hydrogen-bond donors (Lipinski definition) is 1. The van der Waals surface area contributed by atoms with E-state index in [1.807, 2.05) is 0 Å². The Bertz CT molecular complexity index is 6.85. The van der Waals surface area contributed by atoms with Crippen LogP contribution in [0, 0.1) is 14.0 Å². The van der Waals surface area contributed by atoms with Gasteiger partial charge in [0.25, 0.3) is 0 Å². The molecule has 0 aromatic carbocycles. The Kier molecular flexibility index (Phi) is 65.0. The molecule has 31 valence electrons. The average Bonchev–Trinajstić information content (AvgIpc) is 0.918. The van der Waals surface area contributed by atoms with Crippen molar-refractivity contribution in [2.45, 2.75) is 6.92 Å². The van der Waals surface area contributed by atoms with Gasteiger partial charge < -0.3 is 13.2 Å². The monoisotopic (exact) mass is 148 g/mol. The zero-order valence-electron chi connectivity index (χ0n) is 3.73. The van der Waals surface area contributed by atoms with E-state index in [-0.39, 0.29) is 40.1 Å². The molecule has 0 bridgehead atoms. The predicted octanol–water partition coefficient (Wildman–Crippen LogP) is 0.575. The summed E-state index contributed by atoms with van der Waals surface area (Å²) in [6, 6.07) is 0.